The first-order chi connectivity index (χ1) is 18.3. The average molecular weight is 575 g/mol. The van der Waals surface area contributed by atoms with Crippen LogP contribution in [-0.2, 0) is 17.0 Å². The number of halogens is 3. The third kappa shape index (κ3) is 6.09. The number of aromatic nitrogens is 2. The molecule has 2 aliphatic carbocycles. The number of aliphatic hydroxyl groups excluding tert-OH is 1. The predicted octanol–water partition coefficient (Wildman–Crippen LogP) is 9.30. The molecule has 2 aromatic rings. The Balaban J connectivity index is 1.99. The number of rotatable bonds is 6. The quantitative estimate of drug-likeness (QED) is 0.349. The van der Waals surface area contributed by atoms with Gasteiger partial charge in [-0.15, -0.1) is 0 Å². The molecule has 40 heavy (non-hydrogen) atoms. The summed E-state index contributed by atoms with van der Waals surface area (Å²) in [6, 6.07) is 2.28. The molecule has 0 aliphatic heterocycles. The number of hydrogen-bond donors (Lipinski definition) is 1. The van der Waals surface area contributed by atoms with Crippen molar-refractivity contribution in [2.24, 2.45) is 5.41 Å². The van der Waals surface area contributed by atoms with Gasteiger partial charge in [0.1, 0.15) is 6.10 Å². The maximum Gasteiger partial charge on any atom is 0.417 e. The van der Waals surface area contributed by atoms with E-state index < -0.39 is 26.2 Å². The van der Waals surface area contributed by atoms with Crippen LogP contribution in [0.25, 0.3) is 5.57 Å². The summed E-state index contributed by atoms with van der Waals surface area (Å²) in [5.74, 6) is -0.00468. The molecule has 0 fully saturated rings. The first-order valence-electron chi connectivity index (χ1n) is 14.5. The third-order valence-corrected chi connectivity index (χ3v) is 13.4. The van der Waals surface area contributed by atoms with Crippen molar-refractivity contribution in [3.63, 3.8) is 0 Å². The molecule has 2 aromatic heterocycles. The minimum atomic E-state index is -4.49. The van der Waals surface area contributed by atoms with Gasteiger partial charge in [0.25, 0.3) is 0 Å². The molecule has 220 valence electrons. The van der Waals surface area contributed by atoms with E-state index in [0.717, 1.165) is 66.9 Å². The SMILES string of the molecule is CC(C)c1nc2c(c(C3=CCCC3)c1[C@H](O)c1ccc(C(F)(F)F)cn1)[C@@H](O[Si](C)(C)C(C)(C)C)CC(C)(C)C2. The van der Waals surface area contributed by atoms with Gasteiger partial charge in [-0.2, -0.15) is 13.2 Å². The monoisotopic (exact) mass is 574 g/mol. The van der Waals surface area contributed by atoms with Gasteiger partial charge in [-0.25, -0.2) is 0 Å². The van der Waals surface area contributed by atoms with Crippen LogP contribution in [0.5, 0.6) is 0 Å². The van der Waals surface area contributed by atoms with Crippen LogP contribution in [-0.4, -0.2) is 23.4 Å². The molecule has 0 spiro atoms. The molecule has 0 bridgehead atoms. The Bertz CT molecular complexity index is 1280. The molecule has 0 amide bonds. The summed E-state index contributed by atoms with van der Waals surface area (Å²) in [5.41, 5.74) is 5.01. The fourth-order valence-corrected chi connectivity index (χ4v) is 7.04. The van der Waals surface area contributed by atoms with Crippen LogP contribution in [0.4, 0.5) is 13.2 Å². The molecule has 0 aromatic carbocycles. The van der Waals surface area contributed by atoms with E-state index in [1.165, 1.54) is 11.6 Å². The van der Waals surface area contributed by atoms with Crippen molar-refractivity contribution in [1.82, 2.24) is 9.97 Å². The van der Waals surface area contributed by atoms with E-state index in [1.54, 1.807) is 0 Å². The summed E-state index contributed by atoms with van der Waals surface area (Å²) in [6.45, 7) is 19.9. The topological polar surface area (TPSA) is 55.2 Å². The highest BCUT2D eigenvalue weighted by atomic mass is 28.4. The standard InChI is InChI=1S/C32H45F3N2O2Si/c1-19(2)28-27(29(38)22-15-14-21(18-36-22)32(33,34)35)25(20-12-10-11-13-20)26-23(37-28)16-31(6,7)17-24(26)39-40(8,9)30(3,4)5/h12,14-15,18-19,24,29,38H,10-11,13,16-17H2,1-9H3/t24-,29+/m0/s1. The van der Waals surface area contributed by atoms with Gasteiger partial charge >= 0.3 is 6.18 Å². The number of aliphatic hydroxyl groups is 1. The molecule has 0 radical (unpaired) electrons. The zero-order valence-corrected chi connectivity index (χ0v) is 26.5. The summed E-state index contributed by atoms with van der Waals surface area (Å²) in [4.78, 5) is 9.32. The van der Waals surface area contributed by atoms with Crippen molar-refractivity contribution in [2.75, 3.05) is 0 Å². The molecule has 0 unspecified atom stereocenters. The second-order valence-electron chi connectivity index (χ2n) is 14.2. The Morgan fingerprint density at radius 3 is 2.30 bits per heavy atom. The number of fused-ring (bicyclic) bond motifs is 1. The summed E-state index contributed by atoms with van der Waals surface area (Å²) in [7, 11) is -2.18. The highest BCUT2D eigenvalue weighted by Gasteiger charge is 2.45. The normalized spacial score (nSPS) is 20.4. The lowest BCUT2D eigenvalue weighted by molar-refractivity contribution is -0.137. The highest BCUT2D eigenvalue weighted by molar-refractivity contribution is 6.74. The first-order valence-corrected chi connectivity index (χ1v) is 17.4. The number of hydrogen-bond acceptors (Lipinski definition) is 4. The van der Waals surface area contributed by atoms with Gasteiger partial charge in [0.15, 0.2) is 8.32 Å². The van der Waals surface area contributed by atoms with E-state index in [4.69, 9.17) is 9.41 Å². The van der Waals surface area contributed by atoms with Crippen LogP contribution < -0.4 is 0 Å². The molecule has 2 atom stereocenters. The molecule has 8 heteroatoms. The molecular weight excluding hydrogens is 529 g/mol. The van der Waals surface area contributed by atoms with Gasteiger partial charge in [-0.05, 0) is 84.8 Å². The lowest BCUT2D eigenvalue weighted by Gasteiger charge is -2.45. The van der Waals surface area contributed by atoms with Crippen LogP contribution >= 0.6 is 0 Å². The van der Waals surface area contributed by atoms with E-state index in [1.807, 2.05) is 0 Å². The van der Waals surface area contributed by atoms with Crippen LogP contribution in [0.1, 0.15) is 132 Å². The number of pyridine rings is 2. The Morgan fingerprint density at radius 1 is 1.12 bits per heavy atom. The van der Waals surface area contributed by atoms with Gasteiger partial charge in [0.05, 0.1) is 23.1 Å². The minimum Gasteiger partial charge on any atom is -0.410 e. The largest absolute Gasteiger partial charge is 0.417 e. The second kappa shape index (κ2) is 10.7. The molecule has 4 rings (SSSR count). The van der Waals surface area contributed by atoms with Crippen LogP contribution in [0.2, 0.25) is 18.1 Å². The maximum atomic E-state index is 13.3. The number of allylic oxidation sites excluding steroid dienone is 2. The Labute approximate surface area is 238 Å². The molecule has 4 nitrogen and oxygen atoms in total. The Kier molecular flexibility index (Phi) is 8.24. The second-order valence-corrected chi connectivity index (χ2v) is 19.0. The Morgan fingerprint density at radius 2 is 1.80 bits per heavy atom. The third-order valence-electron chi connectivity index (χ3n) is 8.91. The highest BCUT2D eigenvalue weighted by Crippen LogP contribution is 2.52. The van der Waals surface area contributed by atoms with Gasteiger partial charge in [0.2, 0.25) is 0 Å². The van der Waals surface area contributed by atoms with Crippen molar-refractivity contribution in [2.45, 2.75) is 123 Å². The zero-order chi connectivity index (χ0) is 29.8. The van der Waals surface area contributed by atoms with E-state index >= 15 is 0 Å². The minimum absolute atomic E-state index is 0.00468. The fraction of sp³-hybridized carbons (Fsp3) is 0.625. The summed E-state index contributed by atoms with van der Waals surface area (Å²) >= 11 is 0. The van der Waals surface area contributed by atoms with Crippen molar-refractivity contribution >= 4 is 13.9 Å². The van der Waals surface area contributed by atoms with Crippen LogP contribution in [0, 0.1) is 5.41 Å². The maximum absolute atomic E-state index is 13.3. The van der Waals surface area contributed by atoms with Crippen molar-refractivity contribution < 1.29 is 22.7 Å². The lowest BCUT2D eigenvalue weighted by atomic mass is 9.71. The lowest BCUT2D eigenvalue weighted by Crippen LogP contribution is -2.44. The molecule has 0 saturated heterocycles. The van der Waals surface area contributed by atoms with Gasteiger partial charge in [-0.3, -0.25) is 9.97 Å². The molecule has 0 saturated carbocycles. The first kappa shape index (κ1) is 30.9. The summed E-state index contributed by atoms with van der Waals surface area (Å²) in [5, 5.41) is 11.9. The van der Waals surface area contributed by atoms with Gasteiger partial charge < -0.3 is 9.53 Å². The van der Waals surface area contributed by atoms with E-state index in [9.17, 15) is 18.3 Å². The zero-order valence-electron chi connectivity index (χ0n) is 25.5. The number of alkyl halides is 3. The molecular formula is C32H45F3N2O2Si. The van der Waals surface area contributed by atoms with Crippen molar-refractivity contribution in [3.05, 3.63) is 63.7 Å². The summed E-state index contributed by atoms with van der Waals surface area (Å²) in [6.07, 6.45) is 1.66. The van der Waals surface area contributed by atoms with E-state index in [-0.39, 0.29) is 28.2 Å². The van der Waals surface area contributed by atoms with E-state index in [2.05, 4.69) is 72.6 Å². The van der Waals surface area contributed by atoms with Gasteiger partial charge in [0, 0.05) is 23.0 Å². The molecule has 2 heterocycles. The summed E-state index contributed by atoms with van der Waals surface area (Å²) < 4.78 is 46.9. The molecule has 2 aliphatic rings. The van der Waals surface area contributed by atoms with Crippen LogP contribution in [0.15, 0.2) is 24.4 Å². The fourth-order valence-electron chi connectivity index (χ4n) is 5.77. The number of nitrogens with zero attached hydrogens (tertiary/aromatic N) is 2. The Hall–Kier alpha value is -2.03. The van der Waals surface area contributed by atoms with Crippen molar-refractivity contribution in [3.8, 4) is 0 Å². The van der Waals surface area contributed by atoms with E-state index in [0.29, 0.717) is 5.56 Å². The van der Waals surface area contributed by atoms with Crippen LogP contribution in [0.3, 0.4) is 0 Å². The average Bonchev–Trinajstić information content (AvgIpc) is 3.35. The van der Waals surface area contributed by atoms with Crippen molar-refractivity contribution in [1.29, 1.82) is 0 Å². The smallest absolute Gasteiger partial charge is 0.410 e. The van der Waals surface area contributed by atoms with Gasteiger partial charge in [-0.1, -0.05) is 54.5 Å². The molecule has 1 N–H and O–H groups in total. The predicted molar refractivity (Wildman–Crippen MR) is 157 cm³/mol.